The fraction of sp³-hybridized carbons (Fsp3) is 0.286. The molecule has 0 aliphatic carbocycles. The molecule has 0 spiro atoms. The molecule has 2 aromatic rings. The minimum atomic E-state index is 0.760. The van der Waals surface area contributed by atoms with Crippen molar-refractivity contribution in [1.29, 1.82) is 0 Å². The first-order valence-corrected chi connectivity index (χ1v) is 5.51. The van der Waals surface area contributed by atoms with Gasteiger partial charge in [-0.05, 0) is 43.7 Å². The van der Waals surface area contributed by atoms with Crippen molar-refractivity contribution in [2.24, 2.45) is 0 Å². The molecule has 2 nitrogen and oxygen atoms in total. The van der Waals surface area contributed by atoms with Crippen LogP contribution in [0.25, 0.3) is 11.1 Å². The van der Waals surface area contributed by atoms with Crippen molar-refractivity contribution in [3.63, 3.8) is 0 Å². The second kappa shape index (κ2) is 4.54. The third-order valence-electron chi connectivity index (χ3n) is 2.98. The first-order valence-electron chi connectivity index (χ1n) is 5.51. The van der Waals surface area contributed by atoms with Gasteiger partial charge in [-0.1, -0.05) is 18.2 Å². The second-order valence-corrected chi connectivity index (χ2v) is 4.04. The van der Waals surface area contributed by atoms with Crippen LogP contribution in [-0.2, 0) is 6.54 Å². The predicted molar refractivity (Wildman–Crippen MR) is 66.4 cm³/mol. The maximum absolute atomic E-state index is 5.49. The van der Waals surface area contributed by atoms with Crippen LogP contribution in [0.15, 0.2) is 34.9 Å². The first kappa shape index (κ1) is 11.0. The van der Waals surface area contributed by atoms with Crippen LogP contribution in [0.1, 0.15) is 16.9 Å². The van der Waals surface area contributed by atoms with Gasteiger partial charge in [0.05, 0.1) is 12.8 Å². The van der Waals surface area contributed by atoms with Gasteiger partial charge in [-0.25, -0.2) is 0 Å². The van der Waals surface area contributed by atoms with E-state index < -0.39 is 0 Å². The molecule has 0 unspecified atom stereocenters. The number of aryl methyl sites for hydroxylation is 1. The fourth-order valence-corrected chi connectivity index (χ4v) is 1.92. The molecular weight excluding hydrogens is 198 g/mol. The maximum Gasteiger partial charge on any atom is 0.125 e. The largest absolute Gasteiger partial charge is 0.467 e. The number of furan rings is 1. The Hall–Kier alpha value is -1.54. The van der Waals surface area contributed by atoms with E-state index in [1.807, 2.05) is 13.1 Å². The molecule has 0 radical (unpaired) electrons. The average Bonchev–Trinajstić information content (AvgIpc) is 2.71. The van der Waals surface area contributed by atoms with Gasteiger partial charge in [0.15, 0.2) is 0 Å². The summed E-state index contributed by atoms with van der Waals surface area (Å²) in [6, 6.07) is 8.41. The van der Waals surface area contributed by atoms with Gasteiger partial charge in [0, 0.05) is 5.56 Å². The molecular formula is C14H17NO. The zero-order valence-corrected chi connectivity index (χ0v) is 10.0. The minimum Gasteiger partial charge on any atom is -0.467 e. The number of nitrogens with one attached hydrogen (secondary N) is 1. The van der Waals surface area contributed by atoms with E-state index in [-0.39, 0.29) is 0 Å². The van der Waals surface area contributed by atoms with Crippen LogP contribution < -0.4 is 5.32 Å². The van der Waals surface area contributed by atoms with E-state index in [4.69, 9.17) is 4.42 Å². The lowest BCUT2D eigenvalue weighted by atomic mass is 9.97. The van der Waals surface area contributed by atoms with Crippen LogP contribution in [0.2, 0.25) is 0 Å². The highest BCUT2D eigenvalue weighted by atomic mass is 16.3. The highest BCUT2D eigenvalue weighted by Gasteiger charge is 2.10. The van der Waals surface area contributed by atoms with Crippen molar-refractivity contribution in [2.75, 3.05) is 7.05 Å². The zero-order chi connectivity index (χ0) is 11.5. The lowest BCUT2D eigenvalue weighted by Crippen LogP contribution is -2.05. The van der Waals surface area contributed by atoms with Crippen LogP contribution in [0.4, 0.5) is 0 Å². The van der Waals surface area contributed by atoms with Crippen molar-refractivity contribution in [3.05, 3.63) is 47.4 Å². The summed E-state index contributed by atoms with van der Waals surface area (Å²) in [5, 5.41) is 3.12. The molecule has 1 aromatic carbocycles. The van der Waals surface area contributed by atoms with E-state index in [9.17, 15) is 0 Å². The fourth-order valence-electron chi connectivity index (χ4n) is 1.92. The molecule has 1 aromatic heterocycles. The summed E-state index contributed by atoms with van der Waals surface area (Å²) in [5.41, 5.74) is 5.09. The molecule has 0 atom stereocenters. The normalized spacial score (nSPS) is 10.7. The Morgan fingerprint density at radius 3 is 2.69 bits per heavy atom. The molecule has 2 rings (SSSR count). The maximum atomic E-state index is 5.49. The van der Waals surface area contributed by atoms with E-state index >= 15 is 0 Å². The van der Waals surface area contributed by atoms with E-state index in [0.29, 0.717) is 0 Å². The zero-order valence-electron chi connectivity index (χ0n) is 10.0. The highest BCUT2D eigenvalue weighted by molar-refractivity contribution is 5.70. The Balaban J connectivity index is 2.50. The molecule has 84 valence electrons. The number of hydrogen-bond donors (Lipinski definition) is 1. The lowest BCUT2D eigenvalue weighted by molar-refractivity contribution is 0.497. The lowest BCUT2D eigenvalue weighted by Gasteiger charge is -2.08. The van der Waals surface area contributed by atoms with Crippen molar-refractivity contribution < 1.29 is 4.42 Å². The van der Waals surface area contributed by atoms with Gasteiger partial charge in [0.2, 0.25) is 0 Å². The predicted octanol–water partition coefficient (Wildman–Crippen LogP) is 3.28. The Labute approximate surface area is 96.3 Å². The first-order chi connectivity index (χ1) is 7.74. The number of hydrogen-bond acceptors (Lipinski definition) is 2. The summed E-state index contributed by atoms with van der Waals surface area (Å²) in [7, 11) is 1.93. The summed E-state index contributed by atoms with van der Waals surface area (Å²) >= 11 is 0. The van der Waals surface area contributed by atoms with E-state index in [1.165, 1.54) is 22.3 Å². The Bertz CT molecular complexity index is 485. The molecule has 1 N–H and O–H groups in total. The van der Waals surface area contributed by atoms with Gasteiger partial charge < -0.3 is 9.73 Å². The number of rotatable bonds is 3. The summed E-state index contributed by atoms with van der Waals surface area (Å²) in [5.74, 6) is 0.996. The van der Waals surface area contributed by atoms with Gasteiger partial charge in [-0.3, -0.25) is 0 Å². The van der Waals surface area contributed by atoms with Crippen molar-refractivity contribution in [3.8, 4) is 11.1 Å². The average molecular weight is 215 g/mol. The van der Waals surface area contributed by atoms with Gasteiger partial charge in [0.1, 0.15) is 5.76 Å². The Morgan fingerprint density at radius 2 is 1.94 bits per heavy atom. The van der Waals surface area contributed by atoms with Gasteiger partial charge in [0.25, 0.3) is 0 Å². The highest BCUT2D eigenvalue weighted by Crippen LogP contribution is 2.29. The monoisotopic (exact) mass is 215 g/mol. The smallest absolute Gasteiger partial charge is 0.125 e. The SMILES string of the molecule is CNCc1occc1-c1cccc(C)c1C. The molecule has 0 saturated heterocycles. The third kappa shape index (κ3) is 1.89. The van der Waals surface area contributed by atoms with E-state index in [0.717, 1.165) is 12.3 Å². The molecule has 1 heterocycles. The van der Waals surface area contributed by atoms with Crippen LogP contribution in [0.5, 0.6) is 0 Å². The molecule has 0 saturated carbocycles. The van der Waals surface area contributed by atoms with Gasteiger partial charge >= 0.3 is 0 Å². The molecule has 2 heteroatoms. The van der Waals surface area contributed by atoms with Crippen LogP contribution in [0, 0.1) is 13.8 Å². The van der Waals surface area contributed by atoms with Crippen molar-refractivity contribution in [2.45, 2.75) is 20.4 Å². The van der Waals surface area contributed by atoms with Crippen LogP contribution in [-0.4, -0.2) is 7.05 Å². The minimum absolute atomic E-state index is 0.760. The molecule has 0 aliphatic rings. The van der Waals surface area contributed by atoms with Crippen LogP contribution in [0.3, 0.4) is 0 Å². The molecule has 0 amide bonds. The summed E-state index contributed by atoms with van der Waals surface area (Å²) in [6.45, 7) is 5.05. The van der Waals surface area contributed by atoms with Crippen molar-refractivity contribution in [1.82, 2.24) is 5.32 Å². The van der Waals surface area contributed by atoms with E-state index in [2.05, 4.69) is 37.4 Å². The molecule has 0 bridgehead atoms. The standard InChI is InChI=1S/C14H17NO/c1-10-5-4-6-12(11(10)2)13-7-8-16-14(13)9-15-3/h4-8,15H,9H2,1-3H3. The van der Waals surface area contributed by atoms with Crippen LogP contribution >= 0.6 is 0 Å². The quantitative estimate of drug-likeness (QED) is 0.850. The Kier molecular flexibility index (Phi) is 3.11. The molecule has 0 fully saturated rings. The Morgan fingerprint density at radius 1 is 1.12 bits per heavy atom. The molecule has 16 heavy (non-hydrogen) atoms. The summed E-state index contributed by atoms with van der Waals surface area (Å²) in [6.07, 6.45) is 1.75. The topological polar surface area (TPSA) is 25.2 Å². The van der Waals surface area contributed by atoms with Gasteiger partial charge in [-0.15, -0.1) is 0 Å². The van der Waals surface area contributed by atoms with Crippen molar-refractivity contribution >= 4 is 0 Å². The van der Waals surface area contributed by atoms with E-state index in [1.54, 1.807) is 6.26 Å². The number of benzene rings is 1. The second-order valence-electron chi connectivity index (χ2n) is 4.04. The summed E-state index contributed by atoms with van der Waals surface area (Å²) < 4.78 is 5.49. The molecule has 0 aliphatic heterocycles. The van der Waals surface area contributed by atoms with Gasteiger partial charge in [-0.2, -0.15) is 0 Å². The summed E-state index contributed by atoms with van der Waals surface area (Å²) in [4.78, 5) is 0. The third-order valence-corrected chi connectivity index (χ3v) is 2.98.